The van der Waals surface area contributed by atoms with Gasteiger partial charge in [-0.25, -0.2) is 8.42 Å². The summed E-state index contributed by atoms with van der Waals surface area (Å²) in [4.78, 5) is 0.303. The molecule has 2 rings (SSSR count). The SMILES string of the molecule is Cc1ccc(S(=O)(=O)N2[C@H](C)CO[C@H]2CCN)cc1. The molecule has 1 aliphatic heterocycles. The Kier molecular flexibility index (Phi) is 4.25. The van der Waals surface area contributed by atoms with Crippen molar-refractivity contribution >= 4 is 10.0 Å². The summed E-state index contributed by atoms with van der Waals surface area (Å²) in [5.74, 6) is 0. The Hall–Kier alpha value is -0.950. The zero-order chi connectivity index (χ0) is 14.0. The van der Waals surface area contributed by atoms with E-state index >= 15 is 0 Å². The summed E-state index contributed by atoms with van der Waals surface area (Å²) in [6, 6.07) is 6.70. The van der Waals surface area contributed by atoms with E-state index in [9.17, 15) is 8.42 Å². The lowest BCUT2D eigenvalue weighted by atomic mass is 10.2. The van der Waals surface area contributed by atoms with Gasteiger partial charge in [0, 0.05) is 12.5 Å². The van der Waals surface area contributed by atoms with Crippen LogP contribution in [0.4, 0.5) is 0 Å². The van der Waals surface area contributed by atoms with Crippen molar-refractivity contribution < 1.29 is 13.2 Å². The first kappa shape index (κ1) is 14.5. The minimum atomic E-state index is -3.52. The number of rotatable bonds is 4. The first-order valence-corrected chi connectivity index (χ1v) is 7.82. The summed E-state index contributed by atoms with van der Waals surface area (Å²) >= 11 is 0. The van der Waals surface area contributed by atoms with E-state index < -0.39 is 16.3 Å². The van der Waals surface area contributed by atoms with E-state index in [-0.39, 0.29) is 6.04 Å². The monoisotopic (exact) mass is 284 g/mol. The molecule has 1 saturated heterocycles. The third kappa shape index (κ3) is 2.81. The van der Waals surface area contributed by atoms with Crippen molar-refractivity contribution in [1.29, 1.82) is 0 Å². The number of hydrogen-bond acceptors (Lipinski definition) is 4. The molecule has 1 aliphatic rings. The highest BCUT2D eigenvalue weighted by Gasteiger charge is 2.40. The molecule has 0 aliphatic carbocycles. The van der Waals surface area contributed by atoms with Crippen molar-refractivity contribution in [3.8, 4) is 0 Å². The van der Waals surface area contributed by atoms with Gasteiger partial charge in [0.2, 0.25) is 10.0 Å². The van der Waals surface area contributed by atoms with Crippen LogP contribution in [-0.2, 0) is 14.8 Å². The lowest BCUT2D eigenvalue weighted by Crippen LogP contribution is -2.41. The summed E-state index contributed by atoms with van der Waals surface area (Å²) < 4.78 is 32.2. The van der Waals surface area contributed by atoms with E-state index in [1.165, 1.54) is 4.31 Å². The van der Waals surface area contributed by atoms with Crippen molar-refractivity contribution in [1.82, 2.24) is 4.31 Å². The molecule has 1 fully saturated rings. The molecule has 0 saturated carbocycles. The number of sulfonamides is 1. The minimum Gasteiger partial charge on any atom is -0.360 e. The van der Waals surface area contributed by atoms with E-state index in [4.69, 9.17) is 10.5 Å². The fourth-order valence-electron chi connectivity index (χ4n) is 2.26. The van der Waals surface area contributed by atoms with Crippen molar-refractivity contribution in [2.45, 2.75) is 37.4 Å². The Morgan fingerprint density at radius 2 is 2.00 bits per heavy atom. The van der Waals surface area contributed by atoms with Crippen LogP contribution in [0.25, 0.3) is 0 Å². The standard InChI is InChI=1S/C13H20N2O3S/c1-10-3-5-12(6-4-10)19(16,17)15-11(2)9-18-13(15)7-8-14/h3-6,11,13H,7-9,14H2,1-2H3/t11-,13+/m1/s1. The van der Waals surface area contributed by atoms with Gasteiger partial charge in [-0.05, 0) is 32.5 Å². The Morgan fingerprint density at radius 1 is 1.37 bits per heavy atom. The predicted molar refractivity (Wildman–Crippen MR) is 73.1 cm³/mol. The molecule has 0 spiro atoms. The zero-order valence-electron chi connectivity index (χ0n) is 11.2. The highest BCUT2D eigenvalue weighted by molar-refractivity contribution is 7.89. The molecular formula is C13H20N2O3S. The van der Waals surface area contributed by atoms with Gasteiger partial charge in [-0.1, -0.05) is 17.7 Å². The second-order valence-electron chi connectivity index (χ2n) is 4.86. The molecule has 1 aromatic rings. The second-order valence-corrected chi connectivity index (χ2v) is 6.71. The number of aryl methyl sites for hydroxylation is 1. The summed E-state index contributed by atoms with van der Waals surface area (Å²) in [5.41, 5.74) is 6.55. The first-order valence-electron chi connectivity index (χ1n) is 6.38. The normalized spacial score (nSPS) is 24.8. The van der Waals surface area contributed by atoms with Gasteiger partial charge in [0.1, 0.15) is 6.23 Å². The van der Waals surface area contributed by atoms with Crippen molar-refractivity contribution in [3.05, 3.63) is 29.8 Å². The number of nitrogens with two attached hydrogens (primary N) is 1. The van der Waals surface area contributed by atoms with Crippen LogP contribution in [0.1, 0.15) is 18.9 Å². The van der Waals surface area contributed by atoms with E-state index in [0.717, 1.165) is 5.56 Å². The Balaban J connectivity index is 2.34. The molecule has 0 unspecified atom stereocenters. The van der Waals surface area contributed by atoms with Gasteiger partial charge in [0.05, 0.1) is 11.5 Å². The van der Waals surface area contributed by atoms with Gasteiger partial charge in [-0.3, -0.25) is 0 Å². The summed E-state index contributed by atoms with van der Waals surface area (Å²) in [6.07, 6.45) is 0.0569. The molecular weight excluding hydrogens is 264 g/mol. The zero-order valence-corrected chi connectivity index (χ0v) is 12.1. The van der Waals surface area contributed by atoms with E-state index in [2.05, 4.69) is 0 Å². The molecule has 19 heavy (non-hydrogen) atoms. The quantitative estimate of drug-likeness (QED) is 0.898. The third-order valence-corrected chi connectivity index (χ3v) is 5.28. The molecule has 5 nitrogen and oxygen atoms in total. The van der Waals surface area contributed by atoms with Crippen molar-refractivity contribution in [3.63, 3.8) is 0 Å². The third-order valence-electron chi connectivity index (χ3n) is 3.26. The number of hydrogen-bond donors (Lipinski definition) is 1. The van der Waals surface area contributed by atoms with Crippen molar-refractivity contribution in [2.24, 2.45) is 5.73 Å². The first-order chi connectivity index (χ1) is 8.96. The number of benzene rings is 1. The van der Waals surface area contributed by atoms with Gasteiger partial charge in [-0.2, -0.15) is 4.31 Å². The molecule has 0 amide bonds. The summed E-state index contributed by atoms with van der Waals surface area (Å²) in [5, 5.41) is 0. The molecule has 2 atom stereocenters. The van der Waals surface area contributed by atoms with E-state index in [0.29, 0.717) is 24.5 Å². The Labute approximate surface area is 114 Å². The molecule has 0 radical (unpaired) electrons. The number of nitrogens with zero attached hydrogens (tertiary/aromatic N) is 1. The van der Waals surface area contributed by atoms with Crippen LogP contribution in [0.3, 0.4) is 0 Å². The Bertz CT molecular complexity index is 525. The van der Waals surface area contributed by atoms with E-state index in [1.807, 2.05) is 13.8 Å². The molecule has 0 aromatic heterocycles. The highest BCUT2D eigenvalue weighted by atomic mass is 32.2. The van der Waals surface area contributed by atoms with Gasteiger partial charge in [-0.15, -0.1) is 0 Å². The summed E-state index contributed by atoms with van der Waals surface area (Å²) in [7, 11) is -3.52. The van der Waals surface area contributed by atoms with Gasteiger partial charge >= 0.3 is 0 Å². The van der Waals surface area contributed by atoms with Gasteiger partial charge in [0.15, 0.2) is 0 Å². The van der Waals surface area contributed by atoms with Crippen LogP contribution in [0.15, 0.2) is 29.2 Å². The maximum absolute atomic E-state index is 12.6. The lowest BCUT2D eigenvalue weighted by Gasteiger charge is -2.25. The van der Waals surface area contributed by atoms with Crippen LogP contribution in [-0.4, -0.2) is 38.1 Å². The fraction of sp³-hybridized carbons (Fsp3) is 0.538. The van der Waals surface area contributed by atoms with Crippen LogP contribution >= 0.6 is 0 Å². The largest absolute Gasteiger partial charge is 0.360 e. The van der Waals surface area contributed by atoms with E-state index in [1.54, 1.807) is 24.3 Å². The van der Waals surface area contributed by atoms with Crippen LogP contribution < -0.4 is 5.73 Å². The van der Waals surface area contributed by atoms with Crippen LogP contribution in [0.5, 0.6) is 0 Å². The second kappa shape index (κ2) is 5.58. The Morgan fingerprint density at radius 3 is 2.58 bits per heavy atom. The average molecular weight is 284 g/mol. The molecule has 1 aromatic carbocycles. The molecule has 106 valence electrons. The topological polar surface area (TPSA) is 72.6 Å². The maximum Gasteiger partial charge on any atom is 0.245 e. The molecule has 0 bridgehead atoms. The highest BCUT2D eigenvalue weighted by Crippen LogP contribution is 2.27. The predicted octanol–water partition coefficient (Wildman–Crippen LogP) is 1.08. The average Bonchev–Trinajstić information content (AvgIpc) is 2.72. The van der Waals surface area contributed by atoms with Crippen LogP contribution in [0, 0.1) is 6.92 Å². The summed E-state index contributed by atoms with van der Waals surface area (Å²) in [6.45, 7) is 4.59. The molecule has 6 heteroatoms. The molecule has 2 N–H and O–H groups in total. The van der Waals surface area contributed by atoms with Gasteiger partial charge < -0.3 is 10.5 Å². The maximum atomic E-state index is 12.6. The van der Waals surface area contributed by atoms with Crippen molar-refractivity contribution in [2.75, 3.05) is 13.2 Å². The number of ether oxygens (including phenoxy) is 1. The minimum absolute atomic E-state index is 0.164. The fourth-order valence-corrected chi connectivity index (χ4v) is 3.99. The van der Waals surface area contributed by atoms with Crippen LogP contribution in [0.2, 0.25) is 0 Å². The smallest absolute Gasteiger partial charge is 0.245 e. The molecule has 1 heterocycles. The lowest BCUT2D eigenvalue weighted by molar-refractivity contribution is 0.0634. The van der Waals surface area contributed by atoms with Gasteiger partial charge in [0.25, 0.3) is 0 Å².